The summed E-state index contributed by atoms with van der Waals surface area (Å²) in [6.45, 7) is 0.607. The summed E-state index contributed by atoms with van der Waals surface area (Å²) in [6, 6.07) is 24.1. The van der Waals surface area contributed by atoms with Crippen molar-refractivity contribution >= 4 is 50.7 Å². The minimum absolute atomic E-state index is 0.422. The van der Waals surface area contributed by atoms with Gasteiger partial charge in [-0.05, 0) is 46.8 Å². The van der Waals surface area contributed by atoms with E-state index in [0.717, 1.165) is 38.0 Å². The minimum Gasteiger partial charge on any atom is -0.366 e. The number of primary amides is 1. The predicted molar refractivity (Wildman–Crippen MR) is 122 cm³/mol. The first-order valence-electron chi connectivity index (χ1n) is 9.25. The van der Waals surface area contributed by atoms with Crippen molar-refractivity contribution in [3.05, 3.63) is 94.3 Å². The van der Waals surface area contributed by atoms with Gasteiger partial charge in [-0.15, -0.1) is 11.3 Å². The number of hydrogen-bond acceptors (Lipinski definition) is 2. The number of amides is 1. The van der Waals surface area contributed by atoms with Gasteiger partial charge in [-0.3, -0.25) is 4.79 Å². The van der Waals surface area contributed by atoms with Crippen molar-refractivity contribution in [2.75, 3.05) is 0 Å². The third kappa shape index (κ3) is 3.01. The molecule has 3 nitrogen and oxygen atoms in total. The van der Waals surface area contributed by atoms with Crippen LogP contribution >= 0.6 is 22.9 Å². The van der Waals surface area contributed by atoms with Gasteiger partial charge in [-0.1, -0.05) is 54.1 Å². The van der Waals surface area contributed by atoms with E-state index < -0.39 is 5.91 Å². The van der Waals surface area contributed by atoms with Crippen molar-refractivity contribution in [3.63, 3.8) is 0 Å². The van der Waals surface area contributed by atoms with Crippen LogP contribution in [-0.4, -0.2) is 10.5 Å². The smallest absolute Gasteiger partial charge is 0.249 e. The number of aromatic nitrogens is 1. The Morgan fingerprint density at radius 3 is 2.59 bits per heavy atom. The number of nitrogens with zero attached hydrogens (tertiary/aromatic N) is 1. The van der Waals surface area contributed by atoms with Crippen LogP contribution in [0.25, 0.3) is 32.2 Å². The molecule has 0 spiro atoms. The maximum Gasteiger partial charge on any atom is 0.249 e. The van der Waals surface area contributed by atoms with Crippen molar-refractivity contribution in [2.24, 2.45) is 5.73 Å². The van der Waals surface area contributed by atoms with Gasteiger partial charge in [0.1, 0.15) is 0 Å². The van der Waals surface area contributed by atoms with E-state index in [9.17, 15) is 4.79 Å². The number of nitrogens with two attached hydrogens (primary N) is 1. The number of benzene rings is 3. The van der Waals surface area contributed by atoms with Crippen LogP contribution in [0.4, 0.5) is 0 Å². The van der Waals surface area contributed by atoms with Crippen molar-refractivity contribution in [1.82, 2.24) is 4.57 Å². The highest BCUT2D eigenvalue weighted by atomic mass is 35.5. The van der Waals surface area contributed by atoms with Gasteiger partial charge in [-0.2, -0.15) is 0 Å². The van der Waals surface area contributed by atoms with Crippen LogP contribution in [0.5, 0.6) is 0 Å². The molecular formula is C24H17ClN2OS. The van der Waals surface area contributed by atoms with Crippen molar-refractivity contribution in [1.29, 1.82) is 0 Å². The van der Waals surface area contributed by atoms with Gasteiger partial charge in [0.15, 0.2) is 0 Å². The molecule has 0 bridgehead atoms. The Hall–Kier alpha value is -3.08. The molecule has 3 aromatic carbocycles. The summed E-state index contributed by atoms with van der Waals surface area (Å²) in [5.41, 5.74) is 10.4. The normalized spacial score (nSPS) is 11.3. The molecule has 0 aliphatic heterocycles. The van der Waals surface area contributed by atoms with E-state index in [0.29, 0.717) is 12.1 Å². The summed E-state index contributed by atoms with van der Waals surface area (Å²) < 4.78 is 2.22. The third-order valence-corrected chi connectivity index (χ3v) is 6.54. The molecule has 142 valence electrons. The number of hydrogen-bond donors (Lipinski definition) is 1. The Morgan fingerprint density at radius 2 is 1.83 bits per heavy atom. The molecular weight excluding hydrogens is 400 g/mol. The van der Waals surface area contributed by atoms with Gasteiger partial charge in [-0.25, -0.2) is 0 Å². The zero-order valence-electron chi connectivity index (χ0n) is 15.4. The highest BCUT2D eigenvalue weighted by Crippen LogP contribution is 2.36. The van der Waals surface area contributed by atoms with Crippen molar-refractivity contribution in [3.8, 4) is 10.4 Å². The Labute approximate surface area is 177 Å². The van der Waals surface area contributed by atoms with E-state index in [1.54, 1.807) is 17.4 Å². The SMILES string of the molecule is NC(=O)c1cccc2c1c1ccc(-c3cccs3)cc1n2Cc1ccccc1Cl. The maximum atomic E-state index is 12.1. The van der Waals surface area contributed by atoms with Gasteiger partial charge in [0, 0.05) is 32.8 Å². The third-order valence-electron chi connectivity index (χ3n) is 5.25. The first-order valence-corrected chi connectivity index (χ1v) is 10.5. The minimum atomic E-state index is -0.422. The summed E-state index contributed by atoms with van der Waals surface area (Å²) in [7, 11) is 0. The summed E-state index contributed by atoms with van der Waals surface area (Å²) in [5, 5.41) is 4.70. The number of rotatable bonds is 4. The molecule has 5 heteroatoms. The highest BCUT2D eigenvalue weighted by Gasteiger charge is 2.17. The Bertz CT molecular complexity index is 1370. The zero-order chi connectivity index (χ0) is 20.0. The summed E-state index contributed by atoms with van der Waals surface area (Å²) in [6.07, 6.45) is 0. The quantitative estimate of drug-likeness (QED) is 0.366. The lowest BCUT2D eigenvalue weighted by molar-refractivity contribution is 0.100. The number of halogens is 1. The summed E-state index contributed by atoms with van der Waals surface area (Å²) in [5.74, 6) is -0.422. The number of carbonyl (C=O) groups excluding carboxylic acids is 1. The van der Waals surface area contributed by atoms with E-state index in [4.69, 9.17) is 17.3 Å². The largest absolute Gasteiger partial charge is 0.366 e. The van der Waals surface area contributed by atoms with Gasteiger partial charge in [0.2, 0.25) is 5.91 Å². The first kappa shape index (κ1) is 18.0. The fraction of sp³-hybridized carbons (Fsp3) is 0.0417. The van der Waals surface area contributed by atoms with E-state index in [2.05, 4.69) is 40.3 Å². The second-order valence-corrected chi connectivity index (χ2v) is 8.31. The molecule has 1 amide bonds. The molecule has 0 saturated carbocycles. The Kier molecular flexibility index (Phi) is 4.38. The Morgan fingerprint density at radius 1 is 0.966 bits per heavy atom. The van der Waals surface area contributed by atoms with Crippen LogP contribution in [0.3, 0.4) is 0 Å². The molecule has 0 aliphatic rings. The molecule has 0 radical (unpaired) electrons. The van der Waals surface area contributed by atoms with Gasteiger partial charge >= 0.3 is 0 Å². The molecule has 29 heavy (non-hydrogen) atoms. The molecule has 2 heterocycles. The molecule has 0 unspecified atom stereocenters. The molecule has 0 aliphatic carbocycles. The maximum absolute atomic E-state index is 12.1. The number of fused-ring (bicyclic) bond motifs is 3. The molecule has 0 saturated heterocycles. The van der Waals surface area contributed by atoms with Crippen molar-refractivity contribution in [2.45, 2.75) is 6.54 Å². The average Bonchev–Trinajstić information content (AvgIpc) is 3.36. The molecule has 5 aromatic rings. The molecule has 2 aromatic heterocycles. The van der Waals surface area contributed by atoms with Crippen LogP contribution in [-0.2, 0) is 6.54 Å². The van der Waals surface area contributed by atoms with Gasteiger partial charge < -0.3 is 10.3 Å². The van der Waals surface area contributed by atoms with Crippen LogP contribution < -0.4 is 5.73 Å². The fourth-order valence-corrected chi connectivity index (χ4v) is 4.83. The lowest BCUT2D eigenvalue weighted by Gasteiger charge is -2.10. The van der Waals surface area contributed by atoms with Crippen LogP contribution in [0.2, 0.25) is 5.02 Å². The first-order chi connectivity index (χ1) is 14.1. The Balaban J connectivity index is 1.84. The lowest BCUT2D eigenvalue weighted by Crippen LogP contribution is -2.11. The second-order valence-electron chi connectivity index (χ2n) is 6.95. The summed E-state index contributed by atoms with van der Waals surface area (Å²) >= 11 is 8.16. The predicted octanol–water partition coefficient (Wildman–Crippen LogP) is 6.32. The average molecular weight is 417 g/mol. The highest BCUT2D eigenvalue weighted by molar-refractivity contribution is 7.13. The number of carbonyl (C=O) groups is 1. The molecule has 2 N–H and O–H groups in total. The summed E-state index contributed by atoms with van der Waals surface area (Å²) in [4.78, 5) is 13.3. The molecule has 5 rings (SSSR count). The van der Waals surface area contributed by atoms with E-state index >= 15 is 0 Å². The lowest BCUT2D eigenvalue weighted by atomic mass is 10.0. The molecule has 0 fully saturated rings. The van der Waals surface area contributed by atoms with Gasteiger partial charge in [0.05, 0.1) is 11.0 Å². The standard InChI is InChI=1S/C24H17ClN2OS/c25-19-7-2-1-5-16(19)14-27-20-8-3-6-18(24(26)28)23(20)17-11-10-15(13-21(17)27)22-9-4-12-29-22/h1-13H,14H2,(H2,26,28). The van der Waals surface area contributed by atoms with Gasteiger partial charge in [0.25, 0.3) is 0 Å². The fourth-order valence-electron chi connectivity index (χ4n) is 3.91. The van der Waals surface area contributed by atoms with E-state index in [-0.39, 0.29) is 0 Å². The van der Waals surface area contributed by atoms with Crippen LogP contribution in [0.15, 0.2) is 78.2 Å². The molecule has 0 atom stereocenters. The van der Waals surface area contributed by atoms with Crippen LogP contribution in [0.1, 0.15) is 15.9 Å². The van der Waals surface area contributed by atoms with E-state index in [1.165, 1.54) is 4.88 Å². The topological polar surface area (TPSA) is 48.0 Å². The monoisotopic (exact) mass is 416 g/mol. The zero-order valence-corrected chi connectivity index (χ0v) is 17.0. The number of thiophene rings is 1. The van der Waals surface area contributed by atoms with Crippen molar-refractivity contribution < 1.29 is 4.79 Å². The van der Waals surface area contributed by atoms with Crippen LogP contribution in [0, 0.1) is 0 Å². The van der Waals surface area contributed by atoms with E-state index in [1.807, 2.05) is 36.4 Å². The second kappa shape index (κ2) is 7.07.